The van der Waals surface area contributed by atoms with Gasteiger partial charge in [0.1, 0.15) is 6.10 Å². The molecule has 2 atom stereocenters. The van der Waals surface area contributed by atoms with Crippen LogP contribution in [0.2, 0.25) is 0 Å². The Morgan fingerprint density at radius 1 is 1.33 bits per heavy atom. The minimum absolute atomic E-state index is 0.00730. The molecule has 0 aromatic heterocycles. The molecule has 15 heavy (non-hydrogen) atoms. The molecule has 0 heterocycles. The number of rotatable bonds is 4. The minimum atomic E-state index is -0.200. The SMILES string of the molecule is CC(=O)OC(C)C(C)CC=CC(C)(C)C. The zero-order chi connectivity index (χ0) is 12.1. The predicted octanol–water partition coefficient (Wildman–Crippen LogP) is 3.57. The minimum Gasteiger partial charge on any atom is -0.463 e. The number of esters is 1. The molecule has 0 aromatic rings. The van der Waals surface area contributed by atoms with Gasteiger partial charge in [0.05, 0.1) is 0 Å². The lowest BCUT2D eigenvalue weighted by atomic mass is 9.94. The molecular formula is C13H24O2. The van der Waals surface area contributed by atoms with Gasteiger partial charge in [-0.05, 0) is 24.7 Å². The Kier molecular flexibility index (Phi) is 5.63. The fourth-order valence-corrected chi connectivity index (χ4v) is 1.21. The zero-order valence-corrected chi connectivity index (χ0v) is 10.8. The quantitative estimate of drug-likeness (QED) is 0.526. The summed E-state index contributed by atoms with van der Waals surface area (Å²) in [6, 6.07) is 0. The lowest BCUT2D eigenvalue weighted by Crippen LogP contribution is -2.20. The topological polar surface area (TPSA) is 26.3 Å². The molecule has 2 unspecified atom stereocenters. The largest absolute Gasteiger partial charge is 0.463 e. The summed E-state index contributed by atoms with van der Waals surface area (Å²) >= 11 is 0. The maximum atomic E-state index is 10.8. The predicted molar refractivity (Wildman–Crippen MR) is 63.6 cm³/mol. The van der Waals surface area contributed by atoms with Crippen LogP contribution < -0.4 is 0 Å². The number of carbonyl (C=O) groups excluding carboxylic acids is 1. The molecule has 2 nitrogen and oxygen atoms in total. The summed E-state index contributed by atoms with van der Waals surface area (Å²) in [5.74, 6) is 0.168. The highest BCUT2D eigenvalue weighted by Gasteiger charge is 2.13. The van der Waals surface area contributed by atoms with Gasteiger partial charge in [0.25, 0.3) is 0 Å². The van der Waals surface area contributed by atoms with Gasteiger partial charge in [-0.1, -0.05) is 39.8 Å². The second-order valence-electron chi connectivity index (χ2n) is 5.30. The molecule has 0 amide bonds. The van der Waals surface area contributed by atoms with Crippen molar-refractivity contribution in [2.45, 2.75) is 54.1 Å². The molecule has 0 saturated carbocycles. The van der Waals surface area contributed by atoms with Crippen LogP contribution in [-0.4, -0.2) is 12.1 Å². The smallest absolute Gasteiger partial charge is 0.302 e. The van der Waals surface area contributed by atoms with Gasteiger partial charge in [-0.25, -0.2) is 0 Å². The van der Waals surface area contributed by atoms with Crippen LogP contribution in [-0.2, 0) is 9.53 Å². The Morgan fingerprint density at radius 3 is 2.27 bits per heavy atom. The average Bonchev–Trinajstić information content (AvgIpc) is 2.00. The molecule has 88 valence electrons. The molecule has 0 aliphatic carbocycles. The standard InChI is InChI=1S/C13H24O2/c1-10(11(2)15-12(3)14)8-7-9-13(4,5)6/h7,9-11H,8H2,1-6H3. The van der Waals surface area contributed by atoms with Crippen LogP contribution in [0, 0.1) is 11.3 Å². The van der Waals surface area contributed by atoms with Crippen molar-refractivity contribution < 1.29 is 9.53 Å². The fourth-order valence-electron chi connectivity index (χ4n) is 1.21. The first kappa shape index (κ1) is 14.2. The molecule has 0 saturated heterocycles. The first-order valence-corrected chi connectivity index (χ1v) is 5.57. The highest BCUT2D eigenvalue weighted by molar-refractivity contribution is 5.66. The lowest BCUT2D eigenvalue weighted by molar-refractivity contribution is -0.147. The summed E-state index contributed by atoms with van der Waals surface area (Å²) in [5.41, 5.74) is 0.227. The fraction of sp³-hybridized carbons (Fsp3) is 0.769. The molecule has 0 bridgehead atoms. The van der Waals surface area contributed by atoms with Crippen LogP contribution >= 0.6 is 0 Å². The first-order chi connectivity index (χ1) is 6.72. The summed E-state index contributed by atoms with van der Waals surface area (Å²) < 4.78 is 5.12. The summed E-state index contributed by atoms with van der Waals surface area (Å²) in [7, 11) is 0. The summed E-state index contributed by atoms with van der Waals surface area (Å²) in [6.07, 6.45) is 5.31. The molecule has 0 spiro atoms. The zero-order valence-electron chi connectivity index (χ0n) is 10.8. The van der Waals surface area contributed by atoms with Crippen LogP contribution in [0.25, 0.3) is 0 Å². The Bertz CT molecular complexity index is 223. The molecule has 0 radical (unpaired) electrons. The van der Waals surface area contributed by atoms with Gasteiger partial charge in [-0.3, -0.25) is 4.79 Å². The van der Waals surface area contributed by atoms with Crippen molar-refractivity contribution in [2.75, 3.05) is 0 Å². The van der Waals surface area contributed by atoms with Crippen molar-refractivity contribution >= 4 is 5.97 Å². The highest BCUT2D eigenvalue weighted by Crippen LogP contribution is 2.18. The highest BCUT2D eigenvalue weighted by atomic mass is 16.5. The van der Waals surface area contributed by atoms with Crippen LogP contribution in [0.1, 0.15) is 48.0 Å². The molecule has 2 heteroatoms. The van der Waals surface area contributed by atoms with Gasteiger partial charge in [-0.2, -0.15) is 0 Å². The van der Waals surface area contributed by atoms with Gasteiger partial charge >= 0.3 is 5.97 Å². The van der Waals surface area contributed by atoms with Gasteiger partial charge in [-0.15, -0.1) is 0 Å². The van der Waals surface area contributed by atoms with Crippen molar-refractivity contribution in [3.8, 4) is 0 Å². The van der Waals surface area contributed by atoms with Gasteiger partial charge in [0.2, 0.25) is 0 Å². The van der Waals surface area contributed by atoms with Gasteiger partial charge in [0, 0.05) is 6.92 Å². The normalized spacial score (nSPS) is 16.4. The monoisotopic (exact) mass is 212 g/mol. The van der Waals surface area contributed by atoms with Crippen molar-refractivity contribution in [3.05, 3.63) is 12.2 Å². The Labute approximate surface area is 93.7 Å². The van der Waals surface area contributed by atoms with Crippen LogP contribution in [0.4, 0.5) is 0 Å². The van der Waals surface area contributed by atoms with E-state index in [0.29, 0.717) is 5.92 Å². The summed E-state index contributed by atoms with van der Waals surface area (Å²) in [5, 5.41) is 0. The van der Waals surface area contributed by atoms with Crippen LogP contribution in [0.5, 0.6) is 0 Å². The maximum Gasteiger partial charge on any atom is 0.302 e. The number of ether oxygens (including phenoxy) is 1. The molecule has 0 aliphatic rings. The lowest BCUT2D eigenvalue weighted by Gasteiger charge is -2.19. The van der Waals surface area contributed by atoms with Gasteiger partial charge in [0.15, 0.2) is 0 Å². The third-order valence-electron chi connectivity index (χ3n) is 2.28. The van der Waals surface area contributed by atoms with E-state index < -0.39 is 0 Å². The molecule has 0 N–H and O–H groups in total. The number of allylic oxidation sites excluding steroid dienone is 2. The molecule has 0 rings (SSSR count). The average molecular weight is 212 g/mol. The van der Waals surface area contributed by atoms with E-state index in [0.717, 1.165) is 6.42 Å². The molecule has 0 aliphatic heterocycles. The molecular weight excluding hydrogens is 188 g/mol. The van der Waals surface area contributed by atoms with E-state index in [4.69, 9.17) is 4.74 Å². The summed E-state index contributed by atoms with van der Waals surface area (Å²) in [4.78, 5) is 10.8. The molecule has 0 fully saturated rings. The van der Waals surface area contributed by atoms with E-state index in [1.54, 1.807) is 0 Å². The van der Waals surface area contributed by atoms with E-state index >= 15 is 0 Å². The second-order valence-corrected chi connectivity index (χ2v) is 5.30. The van der Waals surface area contributed by atoms with Crippen LogP contribution in [0.15, 0.2) is 12.2 Å². The van der Waals surface area contributed by atoms with Crippen molar-refractivity contribution in [1.82, 2.24) is 0 Å². The van der Waals surface area contributed by atoms with E-state index in [2.05, 4.69) is 39.8 Å². The number of carbonyl (C=O) groups is 1. The summed E-state index contributed by atoms with van der Waals surface area (Å²) in [6.45, 7) is 12.0. The van der Waals surface area contributed by atoms with Crippen molar-refractivity contribution in [3.63, 3.8) is 0 Å². The maximum absolute atomic E-state index is 10.8. The van der Waals surface area contributed by atoms with Gasteiger partial charge < -0.3 is 4.74 Å². The van der Waals surface area contributed by atoms with E-state index in [9.17, 15) is 4.79 Å². The third kappa shape index (κ3) is 8.22. The van der Waals surface area contributed by atoms with E-state index in [1.807, 2.05) is 6.92 Å². The first-order valence-electron chi connectivity index (χ1n) is 5.57. The second kappa shape index (κ2) is 5.94. The number of hydrogen-bond donors (Lipinski definition) is 0. The Hall–Kier alpha value is -0.790. The Balaban J connectivity index is 3.98. The van der Waals surface area contributed by atoms with Crippen molar-refractivity contribution in [2.24, 2.45) is 11.3 Å². The van der Waals surface area contributed by atoms with Crippen LogP contribution in [0.3, 0.4) is 0 Å². The number of hydrogen-bond acceptors (Lipinski definition) is 2. The molecule has 0 aromatic carbocycles. The van der Waals surface area contributed by atoms with E-state index in [-0.39, 0.29) is 17.5 Å². The third-order valence-corrected chi connectivity index (χ3v) is 2.28. The van der Waals surface area contributed by atoms with E-state index in [1.165, 1.54) is 6.92 Å². The van der Waals surface area contributed by atoms with Crippen molar-refractivity contribution in [1.29, 1.82) is 0 Å². The Morgan fingerprint density at radius 2 is 1.87 bits per heavy atom.